The first-order valence-corrected chi connectivity index (χ1v) is 9.02. The molecule has 0 aliphatic carbocycles. The first-order valence-electron chi connectivity index (χ1n) is 9.02. The summed E-state index contributed by atoms with van der Waals surface area (Å²) in [5, 5.41) is 3.01. The number of hydrogen-bond acceptors (Lipinski definition) is 2. The van der Waals surface area contributed by atoms with Crippen molar-refractivity contribution in [2.24, 2.45) is 5.92 Å². The van der Waals surface area contributed by atoms with Crippen LogP contribution in [0.1, 0.15) is 35.7 Å². The van der Waals surface area contributed by atoms with Crippen molar-refractivity contribution in [3.8, 4) is 0 Å². The third-order valence-electron chi connectivity index (χ3n) is 4.83. The number of nitrogens with zero attached hydrogens (tertiary/aromatic N) is 1. The van der Waals surface area contributed by atoms with Crippen LogP contribution in [0.2, 0.25) is 0 Å². The number of nitrogens with one attached hydrogen (secondary N) is 1. The van der Waals surface area contributed by atoms with Gasteiger partial charge in [0.2, 0.25) is 5.91 Å². The summed E-state index contributed by atoms with van der Waals surface area (Å²) < 4.78 is 13.1. The van der Waals surface area contributed by atoms with Gasteiger partial charge in [0.05, 0.1) is 5.92 Å². The number of rotatable bonds is 4. The van der Waals surface area contributed by atoms with Crippen LogP contribution >= 0.6 is 0 Å². The molecule has 1 saturated heterocycles. The van der Waals surface area contributed by atoms with E-state index in [1.165, 1.54) is 24.3 Å². The second kappa shape index (κ2) is 8.13. The van der Waals surface area contributed by atoms with Gasteiger partial charge in [-0.2, -0.15) is 0 Å². The van der Waals surface area contributed by atoms with Gasteiger partial charge in [-0.05, 0) is 55.2 Å². The summed E-state index contributed by atoms with van der Waals surface area (Å²) in [7, 11) is 0. The number of amides is 2. The van der Waals surface area contributed by atoms with E-state index in [1.54, 1.807) is 4.90 Å². The number of likely N-dealkylation sites (tertiary alicyclic amines) is 1. The van der Waals surface area contributed by atoms with Gasteiger partial charge in [-0.1, -0.05) is 25.1 Å². The van der Waals surface area contributed by atoms with E-state index in [-0.39, 0.29) is 23.5 Å². The number of anilines is 1. The molecule has 1 fully saturated rings. The molecule has 5 heteroatoms. The molecule has 1 atom stereocenters. The zero-order valence-corrected chi connectivity index (χ0v) is 14.9. The Kier molecular flexibility index (Phi) is 5.66. The minimum atomic E-state index is -0.368. The van der Waals surface area contributed by atoms with Gasteiger partial charge in [-0.15, -0.1) is 0 Å². The van der Waals surface area contributed by atoms with Crippen LogP contribution in [0.15, 0.2) is 48.5 Å². The number of benzene rings is 2. The third-order valence-corrected chi connectivity index (χ3v) is 4.83. The summed E-state index contributed by atoms with van der Waals surface area (Å²) >= 11 is 0. The molecule has 0 spiro atoms. The van der Waals surface area contributed by atoms with E-state index in [1.807, 2.05) is 24.3 Å². The average Bonchev–Trinajstić information content (AvgIpc) is 2.68. The first-order chi connectivity index (χ1) is 12.6. The molecular formula is C21H23FN2O2. The number of para-hydroxylation sites is 1. The van der Waals surface area contributed by atoms with Gasteiger partial charge in [0, 0.05) is 24.3 Å². The van der Waals surface area contributed by atoms with Crippen molar-refractivity contribution in [3.63, 3.8) is 0 Å². The van der Waals surface area contributed by atoms with E-state index in [2.05, 4.69) is 12.2 Å². The Morgan fingerprint density at radius 1 is 1.15 bits per heavy atom. The SMILES string of the molecule is CCc1ccccc1NC(=O)[C@H]1CCCN(C(=O)c2ccc(F)cc2)C1. The van der Waals surface area contributed by atoms with Crippen LogP contribution in [0.25, 0.3) is 0 Å². The lowest BCUT2D eigenvalue weighted by atomic mass is 9.96. The van der Waals surface area contributed by atoms with Gasteiger partial charge >= 0.3 is 0 Å². The van der Waals surface area contributed by atoms with E-state index >= 15 is 0 Å². The molecule has 2 aromatic carbocycles. The number of carbonyl (C=O) groups excluding carboxylic acids is 2. The van der Waals surface area contributed by atoms with Crippen LogP contribution in [0, 0.1) is 11.7 Å². The standard InChI is InChI=1S/C21H23FN2O2/c1-2-15-6-3-4-8-19(15)23-20(25)17-7-5-13-24(14-17)21(26)16-9-11-18(22)12-10-16/h3-4,6,8-12,17H,2,5,7,13-14H2,1H3,(H,23,25)/t17-/m0/s1. The molecule has 2 aromatic rings. The predicted octanol–water partition coefficient (Wildman–Crippen LogP) is 3.88. The van der Waals surface area contributed by atoms with Crippen molar-refractivity contribution in [2.45, 2.75) is 26.2 Å². The third kappa shape index (κ3) is 4.10. The molecule has 0 unspecified atom stereocenters. The molecule has 0 bridgehead atoms. The smallest absolute Gasteiger partial charge is 0.253 e. The maximum absolute atomic E-state index is 13.1. The van der Waals surface area contributed by atoms with Crippen molar-refractivity contribution in [1.82, 2.24) is 4.90 Å². The van der Waals surface area contributed by atoms with Crippen LogP contribution in [0.4, 0.5) is 10.1 Å². The summed E-state index contributed by atoms with van der Waals surface area (Å²) in [5.74, 6) is -0.816. The topological polar surface area (TPSA) is 49.4 Å². The number of carbonyl (C=O) groups is 2. The fraction of sp³-hybridized carbons (Fsp3) is 0.333. The second-order valence-electron chi connectivity index (χ2n) is 6.60. The second-order valence-corrected chi connectivity index (χ2v) is 6.60. The van der Waals surface area contributed by atoms with Gasteiger partial charge in [-0.3, -0.25) is 9.59 Å². The average molecular weight is 354 g/mol. The lowest BCUT2D eigenvalue weighted by Crippen LogP contribution is -2.43. The van der Waals surface area contributed by atoms with Crippen LogP contribution < -0.4 is 5.32 Å². The van der Waals surface area contributed by atoms with Crippen LogP contribution in [-0.4, -0.2) is 29.8 Å². The zero-order valence-electron chi connectivity index (χ0n) is 14.9. The molecule has 1 N–H and O–H groups in total. The molecule has 136 valence electrons. The van der Waals surface area contributed by atoms with E-state index in [9.17, 15) is 14.0 Å². The first kappa shape index (κ1) is 18.1. The molecule has 0 saturated carbocycles. The molecule has 0 radical (unpaired) electrons. The van der Waals surface area contributed by atoms with E-state index < -0.39 is 0 Å². The number of aryl methyl sites for hydroxylation is 1. The fourth-order valence-corrected chi connectivity index (χ4v) is 3.34. The number of hydrogen-bond donors (Lipinski definition) is 1. The largest absolute Gasteiger partial charge is 0.338 e. The van der Waals surface area contributed by atoms with Crippen LogP contribution in [-0.2, 0) is 11.2 Å². The normalized spacial score (nSPS) is 17.0. The predicted molar refractivity (Wildman–Crippen MR) is 99.5 cm³/mol. The molecule has 2 amide bonds. The van der Waals surface area contributed by atoms with Gasteiger partial charge in [-0.25, -0.2) is 4.39 Å². The van der Waals surface area contributed by atoms with Gasteiger partial charge < -0.3 is 10.2 Å². The van der Waals surface area contributed by atoms with Crippen molar-refractivity contribution in [1.29, 1.82) is 0 Å². The van der Waals surface area contributed by atoms with Crippen LogP contribution in [0.5, 0.6) is 0 Å². The van der Waals surface area contributed by atoms with Crippen molar-refractivity contribution in [2.75, 3.05) is 18.4 Å². The van der Waals surface area contributed by atoms with Crippen molar-refractivity contribution < 1.29 is 14.0 Å². The van der Waals surface area contributed by atoms with Crippen molar-refractivity contribution in [3.05, 3.63) is 65.5 Å². The monoisotopic (exact) mass is 354 g/mol. The Labute approximate surface area is 153 Å². The molecule has 0 aromatic heterocycles. The quantitative estimate of drug-likeness (QED) is 0.906. The van der Waals surface area contributed by atoms with Crippen molar-refractivity contribution >= 4 is 17.5 Å². The highest BCUT2D eigenvalue weighted by Gasteiger charge is 2.29. The molecule has 26 heavy (non-hydrogen) atoms. The molecule has 1 heterocycles. The van der Waals surface area contributed by atoms with Gasteiger partial charge in [0.1, 0.15) is 5.82 Å². The Morgan fingerprint density at radius 2 is 1.88 bits per heavy atom. The molecular weight excluding hydrogens is 331 g/mol. The summed E-state index contributed by atoms with van der Waals surface area (Å²) in [4.78, 5) is 27.0. The molecule has 1 aliphatic rings. The molecule has 3 rings (SSSR count). The van der Waals surface area contributed by atoms with E-state index in [0.29, 0.717) is 18.7 Å². The highest BCUT2D eigenvalue weighted by atomic mass is 19.1. The minimum Gasteiger partial charge on any atom is -0.338 e. The Bertz CT molecular complexity index is 789. The lowest BCUT2D eigenvalue weighted by molar-refractivity contribution is -0.121. The molecule has 1 aliphatic heterocycles. The highest BCUT2D eigenvalue weighted by molar-refractivity contribution is 5.96. The van der Waals surface area contributed by atoms with Gasteiger partial charge in [0.15, 0.2) is 0 Å². The Balaban J connectivity index is 1.66. The minimum absolute atomic E-state index is 0.0532. The Hall–Kier alpha value is -2.69. The number of piperidine rings is 1. The molecule has 4 nitrogen and oxygen atoms in total. The Morgan fingerprint density at radius 3 is 2.62 bits per heavy atom. The summed E-state index contributed by atoms with van der Waals surface area (Å²) in [6.07, 6.45) is 2.38. The van der Waals surface area contributed by atoms with E-state index in [0.717, 1.165) is 30.5 Å². The lowest BCUT2D eigenvalue weighted by Gasteiger charge is -2.32. The van der Waals surface area contributed by atoms with E-state index in [4.69, 9.17) is 0 Å². The maximum atomic E-state index is 13.1. The highest BCUT2D eigenvalue weighted by Crippen LogP contribution is 2.22. The fourth-order valence-electron chi connectivity index (χ4n) is 3.34. The maximum Gasteiger partial charge on any atom is 0.253 e. The summed E-state index contributed by atoms with van der Waals surface area (Å²) in [6.45, 7) is 3.05. The zero-order chi connectivity index (χ0) is 18.5. The van der Waals surface area contributed by atoms with Crippen LogP contribution in [0.3, 0.4) is 0 Å². The number of halogens is 1. The summed E-state index contributed by atoms with van der Waals surface area (Å²) in [6, 6.07) is 13.3. The summed E-state index contributed by atoms with van der Waals surface area (Å²) in [5.41, 5.74) is 2.38. The van der Waals surface area contributed by atoms with Gasteiger partial charge in [0.25, 0.3) is 5.91 Å².